The zero-order chi connectivity index (χ0) is 23.7. The average Bonchev–Trinajstić information content (AvgIpc) is 2.84. The van der Waals surface area contributed by atoms with Gasteiger partial charge >= 0.3 is 5.97 Å². The van der Waals surface area contributed by atoms with E-state index in [0.717, 1.165) is 48.2 Å². The highest BCUT2D eigenvalue weighted by atomic mass is 16.5. The molecule has 1 aliphatic heterocycles. The summed E-state index contributed by atoms with van der Waals surface area (Å²) >= 11 is 0. The predicted octanol–water partition coefficient (Wildman–Crippen LogP) is 5.63. The van der Waals surface area contributed by atoms with Crippen LogP contribution >= 0.6 is 0 Å². The summed E-state index contributed by atoms with van der Waals surface area (Å²) in [5, 5.41) is 13.3. The molecule has 0 amide bonds. The molecule has 2 atom stereocenters. The quantitative estimate of drug-likeness (QED) is 0.582. The van der Waals surface area contributed by atoms with Gasteiger partial charge in [0.25, 0.3) is 0 Å². The van der Waals surface area contributed by atoms with Crippen LogP contribution in [0.1, 0.15) is 74.8 Å². The number of benzene rings is 2. The highest BCUT2D eigenvalue weighted by Crippen LogP contribution is 2.46. The minimum Gasteiger partial charge on any atom is -0.508 e. The lowest BCUT2D eigenvalue weighted by Crippen LogP contribution is -2.37. The van der Waals surface area contributed by atoms with E-state index in [9.17, 15) is 14.7 Å². The van der Waals surface area contributed by atoms with Crippen molar-refractivity contribution in [2.45, 2.75) is 69.8 Å². The van der Waals surface area contributed by atoms with Crippen LogP contribution in [0.25, 0.3) is 0 Å². The summed E-state index contributed by atoms with van der Waals surface area (Å²) in [6.45, 7) is 1.89. The normalized spacial score (nSPS) is 23.4. The minimum atomic E-state index is -0.503. The predicted molar refractivity (Wildman–Crippen MR) is 130 cm³/mol. The van der Waals surface area contributed by atoms with Crippen LogP contribution in [0.4, 0.5) is 0 Å². The van der Waals surface area contributed by atoms with Crippen LogP contribution in [0.3, 0.4) is 0 Å². The monoisotopic (exact) mass is 457 g/mol. The standard InChI is InChI=1S/C29H31NO4/c1-18-26(29(33)34-23-10-6-3-7-11-23)27(20-12-14-22(31)15-13-20)28-24(30-18)16-21(17-25(28)32)19-8-4-2-5-9-19/h2,4-5,8-9,12-15,21,23,27,30-31H,3,6-7,10-11,16-17H2,1H3/t21-,27-/m1/s1. The van der Waals surface area contributed by atoms with Gasteiger partial charge in [0.05, 0.1) is 5.57 Å². The number of ether oxygens (including phenoxy) is 1. The summed E-state index contributed by atoms with van der Waals surface area (Å²) < 4.78 is 5.96. The van der Waals surface area contributed by atoms with Gasteiger partial charge in [0, 0.05) is 29.3 Å². The second kappa shape index (κ2) is 9.49. The summed E-state index contributed by atoms with van der Waals surface area (Å²) in [4.78, 5) is 27.1. The molecule has 0 unspecified atom stereocenters. The number of hydrogen-bond donors (Lipinski definition) is 2. The first-order valence-corrected chi connectivity index (χ1v) is 12.3. The van der Waals surface area contributed by atoms with Gasteiger partial charge in [-0.05, 0) is 68.2 Å². The van der Waals surface area contributed by atoms with E-state index in [1.165, 1.54) is 6.42 Å². The van der Waals surface area contributed by atoms with Gasteiger partial charge in [-0.1, -0.05) is 48.9 Å². The molecule has 1 saturated carbocycles. The number of aromatic hydroxyl groups is 1. The molecule has 5 heteroatoms. The van der Waals surface area contributed by atoms with Gasteiger partial charge in [0.2, 0.25) is 0 Å². The van der Waals surface area contributed by atoms with Crippen molar-refractivity contribution in [1.82, 2.24) is 5.32 Å². The van der Waals surface area contributed by atoms with E-state index in [0.29, 0.717) is 24.0 Å². The van der Waals surface area contributed by atoms with E-state index in [1.54, 1.807) is 24.3 Å². The molecule has 1 fully saturated rings. The van der Waals surface area contributed by atoms with Gasteiger partial charge in [0.1, 0.15) is 11.9 Å². The number of hydrogen-bond acceptors (Lipinski definition) is 5. The number of phenolic OH excluding ortho intramolecular Hbond substituents is 1. The Morgan fingerprint density at radius 1 is 0.941 bits per heavy atom. The fourth-order valence-electron chi connectivity index (χ4n) is 5.67. The Bertz CT molecular complexity index is 1140. The smallest absolute Gasteiger partial charge is 0.337 e. The molecule has 0 aromatic heterocycles. The maximum Gasteiger partial charge on any atom is 0.337 e. The molecule has 2 aliphatic carbocycles. The van der Waals surface area contributed by atoms with Gasteiger partial charge in [-0.25, -0.2) is 4.79 Å². The fourth-order valence-corrected chi connectivity index (χ4v) is 5.67. The number of ketones is 1. The van der Waals surface area contributed by atoms with Gasteiger partial charge in [0.15, 0.2) is 5.78 Å². The maximum absolute atomic E-state index is 13.6. The molecule has 2 aromatic rings. The van der Waals surface area contributed by atoms with Crippen molar-refractivity contribution in [1.29, 1.82) is 0 Å². The second-order valence-corrected chi connectivity index (χ2v) is 9.68. The number of esters is 1. The molecule has 34 heavy (non-hydrogen) atoms. The summed E-state index contributed by atoms with van der Waals surface area (Å²) in [7, 11) is 0. The average molecular weight is 458 g/mol. The van der Waals surface area contributed by atoms with Crippen molar-refractivity contribution in [3.63, 3.8) is 0 Å². The van der Waals surface area contributed by atoms with Crippen LogP contribution in [0.15, 0.2) is 77.1 Å². The molecule has 3 aliphatic rings. The molecule has 0 spiro atoms. The van der Waals surface area contributed by atoms with Crippen LogP contribution in [-0.4, -0.2) is 23.0 Å². The van der Waals surface area contributed by atoms with Gasteiger partial charge < -0.3 is 15.2 Å². The Morgan fingerprint density at radius 3 is 2.35 bits per heavy atom. The lowest BCUT2D eigenvalue weighted by atomic mass is 9.71. The zero-order valence-corrected chi connectivity index (χ0v) is 19.5. The lowest BCUT2D eigenvalue weighted by Gasteiger charge is -2.37. The van der Waals surface area contributed by atoms with E-state index < -0.39 is 5.92 Å². The third-order valence-electron chi connectivity index (χ3n) is 7.37. The number of nitrogens with one attached hydrogen (secondary N) is 1. The highest BCUT2D eigenvalue weighted by Gasteiger charge is 2.41. The summed E-state index contributed by atoms with van der Waals surface area (Å²) in [5.74, 6) is -0.546. The molecular formula is C29H31NO4. The number of carbonyl (C=O) groups excluding carboxylic acids is 2. The Labute approximate surface area is 200 Å². The molecular weight excluding hydrogens is 426 g/mol. The zero-order valence-electron chi connectivity index (χ0n) is 19.5. The van der Waals surface area contributed by atoms with Crippen LogP contribution in [0, 0.1) is 0 Å². The molecule has 5 rings (SSSR count). The molecule has 2 N–H and O–H groups in total. The number of carbonyl (C=O) groups is 2. The topological polar surface area (TPSA) is 75.6 Å². The summed E-state index contributed by atoms with van der Waals surface area (Å²) in [6, 6.07) is 16.9. The fraction of sp³-hybridized carbons (Fsp3) is 0.379. The van der Waals surface area contributed by atoms with Crippen LogP contribution < -0.4 is 5.32 Å². The SMILES string of the molecule is CC1=C(C(=O)OC2CCCCC2)[C@@H](c2ccc(O)cc2)C2=C(C[C@@H](c3ccccc3)CC2=O)N1. The Balaban J connectivity index is 1.52. The van der Waals surface area contributed by atoms with Crippen molar-refractivity contribution < 1.29 is 19.4 Å². The first kappa shape index (κ1) is 22.5. The maximum atomic E-state index is 13.6. The van der Waals surface area contributed by atoms with E-state index in [4.69, 9.17) is 4.74 Å². The van der Waals surface area contributed by atoms with Crippen molar-refractivity contribution >= 4 is 11.8 Å². The van der Waals surface area contributed by atoms with Crippen LogP contribution in [-0.2, 0) is 14.3 Å². The van der Waals surface area contributed by atoms with Gasteiger partial charge in [-0.2, -0.15) is 0 Å². The number of dihydropyridines is 1. The van der Waals surface area contributed by atoms with E-state index in [-0.39, 0.29) is 29.5 Å². The Hall–Kier alpha value is -3.34. The van der Waals surface area contributed by atoms with Crippen molar-refractivity contribution in [3.05, 3.63) is 88.3 Å². The van der Waals surface area contributed by atoms with Crippen molar-refractivity contribution in [3.8, 4) is 5.75 Å². The highest BCUT2D eigenvalue weighted by molar-refractivity contribution is 6.04. The Morgan fingerprint density at radius 2 is 1.65 bits per heavy atom. The van der Waals surface area contributed by atoms with Crippen LogP contribution in [0.5, 0.6) is 5.75 Å². The van der Waals surface area contributed by atoms with Gasteiger partial charge in [-0.15, -0.1) is 0 Å². The first-order chi connectivity index (χ1) is 16.5. The molecule has 0 saturated heterocycles. The van der Waals surface area contributed by atoms with Crippen LogP contribution in [0.2, 0.25) is 0 Å². The second-order valence-electron chi connectivity index (χ2n) is 9.68. The summed E-state index contributed by atoms with van der Waals surface area (Å²) in [6.07, 6.45) is 6.16. The number of Topliss-reactive ketones (excluding diaryl/α,β-unsaturated/α-hetero) is 1. The Kier molecular flexibility index (Phi) is 6.27. The number of allylic oxidation sites excluding steroid dienone is 3. The third kappa shape index (κ3) is 4.39. The largest absolute Gasteiger partial charge is 0.508 e. The van der Waals surface area contributed by atoms with Crippen molar-refractivity contribution in [2.75, 3.05) is 0 Å². The minimum absolute atomic E-state index is 0.0520. The number of rotatable bonds is 4. The molecule has 0 radical (unpaired) electrons. The van der Waals surface area contributed by atoms with E-state index in [1.807, 2.05) is 25.1 Å². The third-order valence-corrected chi connectivity index (χ3v) is 7.37. The molecule has 2 aromatic carbocycles. The molecule has 0 bridgehead atoms. The lowest BCUT2D eigenvalue weighted by molar-refractivity contribution is -0.146. The van der Waals surface area contributed by atoms with E-state index >= 15 is 0 Å². The molecule has 5 nitrogen and oxygen atoms in total. The summed E-state index contributed by atoms with van der Waals surface area (Å²) in [5.41, 5.74) is 4.73. The van der Waals surface area contributed by atoms with Crippen molar-refractivity contribution in [2.24, 2.45) is 0 Å². The van der Waals surface area contributed by atoms with E-state index in [2.05, 4.69) is 17.4 Å². The molecule has 1 heterocycles. The molecule has 176 valence electrons. The number of phenols is 1. The van der Waals surface area contributed by atoms with Gasteiger partial charge in [-0.3, -0.25) is 4.79 Å². The first-order valence-electron chi connectivity index (χ1n) is 12.3.